The summed E-state index contributed by atoms with van der Waals surface area (Å²) < 4.78 is 28.3. The summed E-state index contributed by atoms with van der Waals surface area (Å²) in [4.78, 5) is 23.2. The third-order valence-electron chi connectivity index (χ3n) is 5.18. The Hall–Kier alpha value is -4.05. The lowest BCUT2D eigenvalue weighted by atomic mass is 10.1. The molecule has 0 aliphatic heterocycles. The van der Waals surface area contributed by atoms with E-state index in [0.29, 0.717) is 22.5 Å². The molecular weight excluding hydrogens is 456 g/mol. The maximum absolute atomic E-state index is 12.9. The first-order valence-corrected chi connectivity index (χ1v) is 11.8. The Kier molecular flexibility index (Phi) is 7.11. The Bertz CT molecular complexity index is 1410. The van der Waals surface area contributed by atoms with Crippen LogP contribution in [0.4, 0.5) is 11.4 Å². The number of hydrogen-bond donors (Lipinski definition) is 2. The molecular formula is C24H24N4O5S. The zero-order valence-corrected chi connectivity index (χ0v) is 19.9. The molecule has 0 aliphatic rings. The van der Waals surface area contributed by atoms with Crippen molar-refractivity contribution in [2.24, 2.45) is 5.10 Å². The Morgan fingerprint density at radius 1 is 0.941 bits per heavy atom. The first kappa shape index (κ1) is 24.6. The number of aryl methyl sites for hydroxylation is 3. The minimum Gasteiger partial charge on any atom is -0.279 e. The molecule has 1 amide bonds. The average Bonchev–Trinajstić information content (AvgIpc) is 2.79. The van der Waals surface area contributed by atoms with Gasteiger partial charge in [0.15, 0.2) is 0 Å². The van der Waals surface area contributed by atoms with Crippen LogP contribution in [0.25, 0.3) is 0 Å². The van der Waals surface area contributed by atoms with Gasteiger partial charge in [0, 0.05) is 22.8 Å². The fourth-order valence-electron chi connectivity index (χ4n) is 3.23. The molecule has 3 rings (SSSR count). The quantitative estimate of drug-likeness (QED) is 0.293. The number of amides is 1. The van der Waals surface area contributed by atoms with Crippen LogP contribution in [0.1, 0.15) is 39.5 Å². The highest BCUT2D eigenvalue weighted by Gasteiger charge is 2.18. The summed E-state index contributed by atoms with van der Waals surface area (Å²) >= 11 is 0. The second kappa shape index (κ2) is 9.84. The zero-order valence-electron chi connectivity index (χ0n) is 19.1. The summed E-state index contributed by atoms with van der Waals surface area (Å²) in [5.41, 5.74) is 6.00. The van der Waals surface area contributed by atoms with Gasteiger partial charge in [-0.2, -0.15) is 5.10 Å². The van der Waals surface area contributed by atoms with E-state index in [1.807, 2.05) is 13.0 Å². The van der Waals surface area contributed by atoms with E-state index in [0.717, 1.165) is 11.1 Å². The lowest BCUT2D eigenvalue weighted by Gasteiger charge is -2.12. The lowest BCUT2D eigenvalue weighted by molar-refractivity contribution is -0.385. The molecule has 0 fully saturated rings. The summed E-state index contributed by atoms with van der Waals surface area (Å²) in [6, 6.07) is 15.6. The first-order chi connectivity index (χ1) is 16.0. The van der Waals surface area contributed by atoms with Crippen molar-refractivity contribution in [2.75, 3.05) is 4.72 Å². The van der Waals surface area contributed by atoms with Gasteiger partial charge in [0.2, 0.25) is 0 Å². The van der Waals surface area contributed by atoms with E-state index in [-0.39, 0.29) is 16.1 Å². The molecule has 34 heavy (non-hydrogen) atoms. The van der Waals surface area contributed by atoms with Crippen LogP contribution in [0.2, 0.25) is 0 Å². The van der Waals surface area contributed by atoms with Gasteiger partial charge in [0.1, 0.15) is 0 Å². The molecule has 3 aromatic carbocycles. The molecule has 10 heteroatoms. The monoisotopic (exact) mass is 480 g/mol. The van der Waals surface area contributed by atoms with Gasteiger partial charge in [-0.3, -0.25) is 19.6 Å². The second-order valence-electron chi connectivity index (χ2n) is 7.85. The molecule has 2 N–H and O–H groups in total. The summed E-state index contributed by atoms with van der Waals surface area (Å²) in [5.74, 6) is -0.621. The van der Waals surface area contributed by atoms with Crippen molar-refractivity contribution in [2.45, 2.75) is 32.6 Å². The fraction of sp³-hybridized carbons (Fsp3) is 0.167. The highest BCUT2D eigenvalue weighted by molar-refractivity contribution is 7.92. The Morgan fingerprint density at radius 3 is 2.35 bits per heavy atom. The van der Waals surface area contributed by atoms with Gasteiger partial charge in [-0.25, -0.2) is 13.8 Å². The second-order valence-corrected chi connectivity index (χ2v) is 9.53. The van der Waals surface area contributed by atoms with Crippen LogP contribution in [0.3, 0.4) is 0 Å². The van der Waals surface area contributed by atoms with Crippen LogP contribution >= 0.6 is 0 Å². The molecule has 0 radical (unpaired) electrons. The molecule has 176 valence electrons. The average molecular weight is 481 g/mol. The van der Waals surface area contributed by atoms with Crippen molar-refractivity contribution in [3.05, 3.63) is 98.6 Å². The number of hydrazone groups is 1. The highest BCUT2D eigenvalue weighted by atomic mass is 32.2. The number of carbonyl (C=O) groups excluding carboxylic acids is 1. The van der Waals surface area contributed by atoms with Crippen molar-refractivity contribution in [3.8, 4) is 0 Å². The minimum atomic E-state index is -3.93. The highest BCUT2D eigenvalue weighted by Crippen LogP contribution is 2.22. The molecule has 0 saturated heterocycles. The lowest BCUT2D eigenvalue weighted by Crippen LogP contribution is -2.20. The predicted molar refractivity (Wildman–Crippen MR) is 131 cm³/mol. The zero-order chi connectivity index (χ0) is 25.0. The maximum atomic E-state index is 12.9. The Labute approximate surface area is 197 Å². The van der Waals surface area contributed by atoms with Crippen LogP contribution in [0, 0.1) is 30.9 Å². The van der Waals surface area contributed by atoms with Gasteiger partial charge in [0.25, 0.3) is 21.6 Å². The molecule has 0 saturated carbocycles. The number of hydrogen-bond acceptors (Lipinski definition) is 6. The van der Waals surface area contributed by atoms with E-state index in [9.17, 15) is 23.3 Å². The van der Waals surface area contributed by atoms with Gasteiger partial charge >= 0.3 is 0 Å². The van der Waals surface area contributed by atoms with Gasteiger partial charge in [0.05, 0.1) is 21.2 Å². The van der Waals surface area contributed by atoms with Crippen LogP contribution in [0.15, 0.2) is 70.7 Å². The number of benzene rings is 3. The van der Waals surface area contributed by atoms with Gasteiger partial charge < -0.3 is 0 Å². The standard InChI is InChI=1S/C24H24N4O5S/c1-15-8-11-22(17(3)12-15)27-34(32,33)21-7-5-6-20(13-21)24(29)26-25-18(4)19-10-9-16(2)23(14-19)28(30)31/h5-14,27H,1-4H3,(H,26,29)/b25-18+. The number of anilines is 1. The third-order valence-corrected chi connectivity index (χ3v) is 6.54. The Morgan fingerprint density at radius 2 is 1.68 bits per heavy atom. The summed E-state index contributed by atoms with van der Waals surface area (Å²) in [6.07, 6.45) is 0. The van der Waals surface area contributed by atoms with Gasteiger partial charge in [-0.05, 0) is 57.5 Å². The van der Waals surface area contributed by atoms with E-state index in [1.165, 1.54) is 30.3 Å². The van der Waals surface area contributed by atoms with Crippen LogP contribution in [-0.2, 0) is 10.0 Å². The van der Waals surface area contributed by atoms with Gasteiger partial charge in [-0.1, -0.05) is 35.9 Å². The van der Waals surface area contributed by atoms with Crippen molar-refractivity contribution in [1.82, 2.24) is 5.43 Å². The Balaban J connectivity index is 1.79. The normalized spacial score (nSPS) is 11.7. The predicted octanol–water partition coefficient (Wildman–Crippen LogP) is 4.47. The number of rotatable bonds is 7. The van der Waals surface area contributed by atoms with Crippen LogP contribution in [-0.4, -0.2) is 25.0 Å². The van der Waals surface area contributed by atoms with Crippen molar-refractivity contribution >= 4 is 33.0 Å². The van der Waals surface area contributed by atoms with Crippen molar-refractivity contribution < 1.29 is 18.1 Å². The minimum absolute atomic E-state index is 0.0485. The van der Waals surface area contributed by atoms with Crippen LogP contribution in [0.5, 0.6) is 0 Å². The summed E-state index contributed by atoms with van der Waals surface area (Å²) in [6.45, 7) is 6.95. The summed E-state index contributed by atoms with van der Waals surface area (Å²) in [7, 11) is -3.93. The number of sulfonamides is 1. The molecule has 0 atom stereocenters. The SMILES string of the molecule is C/C(=N\NC(=O)c1cccc(S(=O)(=O)Nc2ccc(C)cc2C)c1)c1ccc(C)c([N+](=O)[O-])c1. The van der Waals surface area contributed by atoms with E-state index >= 15 is 0 Å². The van der Waals surface area contributed by atoms with Crippen LogP contribution < -0.4 is 10.1 Å². The number of nitrogens with zero attached hydrogens (tertiary/aromatic N) is 2. The third kappa shape index (κ3) is 5.65. The van der Waals surface area contributed by atoms with Crippen molar-refractivity contribution in [3.63, 3.8) is 0 Å². The molecule has 0 spiro atoms. The van der Waals surface area contributed by atoms with E-state index < -0.39 is 20.9 Å². The number of nitro groups is 1. The summed E-state index contributed by atoms with van der Waals surface area (Å²) in [5, 5.41) is 15.2. The first-order valence-electron chi connectivity index (χ1n) is 10.3. The molecule has 3 aromatic rings. The number of nitrogens with one attached hydrogen (secondary N) is 2. The number of nitro benzene ring substituents is 1. The molecule has 9 nitrogen and oxygen atoms in total. The molecule has 0 aliphatic carbocycles. The molecule has 0 heterocycles. The number of carbonyl (C=O) groups is 1. The maximum Gasteiger partial charge on any atom is 0.272 e. The smallest absolute Gasteiger partial charge is 0.272 e. The fourth-order valence-corrected chi connectivity index (χ4v) is 4.41. The van der Waals surface area contributed by atoms with Crippen molar-refractivity contribution in [1.29, 1.82) is 0 Å². The molecule has 0 bridgehead atoms. The van der Waals surface area contributed by atoms with E-state index in [4.69, 9.17) is 0 Å². The van der Waals surface area contributed by atoms with E-state index in [2.05, 4.69) is 15.2 Å². The largest absolute Gasteiger partial charge is 0.279 e. The molecule has 0 unspecified atom stereocenters. The topological polar surface area (TPSA) is 131 Å². The van der Waals surface area contributed by atoms with E-state index in [1.54, 1.807) is 45.0 Å². The van der Waals surface area contributed by atoms with Gasteiger partial charge in [-0.15, -0.1) is 0 Å². The molecule has 0 aromatic heterocycles.